The third-order valence-electron chi connectivity index (χ3n) is 2.44. The maximum absolute atomic E-state index is 12.9. The summed E-state index contributed by atoms with van der Waals surface area (Å²) in [7, 11) is 0. The van der Waals surface area contributed by atoms with Gasteiger partial charge >= 0.3 is 0 Å². The molecule has 2 aromatic carbocycles. The maximum atomic E-state index is 12.9. The van der Waals surface area contributed by atoms with Crippen LogP contribution in [-0.2, 0) is 0 Å². The molecule has 0 atom stereocenters. The van der Waals surface area contributed by atoms with Gasteiger partial charge in [-0.1, -0.05) is 0 Å². The summed E-state index contributed by atoms with van der Waals surface area (Å²) in [6.07, 6.45) is 2.29. The second kappa shape index (κ2) is 5.92. The number of nitrogens with zero attached hydrogens (tertiary/aromatic N) is 2. The van der Waals surface area contributed by atoms with Crippen LogP contribution in [0.5, 0.6) is 11.5 Å². The van der Waals surface area contributed by atoms with E-state index in [9.17, 15) is 19.0 Å². The molecule has 102 valence electrons. The molecule has 0 spiro atoms. The molecule has 0 aliphatic carbocycles. The number of benzene rings is 2. The Hall–Kier alpha value is -2.76. The van der Waals surface area contributed by atoms with E-state index in [-0.39, 0.29) is 22.6 Å². The monoisotopic (exact) mass is 276 g/mol. The predicted molar refractivity (Wildman–Crippen MR) is 71.3 cm³/mol. The highest BCUT2D eigenvalue weighted by Crippen LogP contribution is 2.16. The van der Waals surface area contributed by atoms with E-state index in [1.54, 1.807) is 0 Å². The van der Waals surface area contributed by atoms with Crippen LogP contribution in [0.4, 0.5) is 8.78 Å². The lowest BCUT2D eigenvalue weighted by Crippen LogP contribution is -1.86. The normalized spacial score (nSPS) is 11.5. The zero-order chi connectivity index (χ0) is 14.5. The SMILES string of the molecule is Oc1ccc(F)cc1/C=N/N=C/c1cc(F)ccc1O. The van der Waals surface area contributed by atoms with Crippen LogP contribution in [0, 0.1) is 11.6 Å². The van der Waals surface area contributed by atoms with Gasteiger partial charge < -0.3 is 10.2 Å². The minimum Gasteiger partial charge on any atom is -0.507 e. The molecule has 0 aliphatic heterocycles. The molecule has 0 amide bonds. The predicted octanol–water partition coefficient (Wildman–Crippen LogP) is 2.83. The lowest BCUT2D eigenvalue weighted by atomic mass is 10.2. The Morgan fingerprint density at radius 1 is 0.750 bits per heavy atom. The number of phenols is 2. The highest BCUT2D eigenvalue weighted by molar-refractivity contribution is 5.86. The standard InChI is InChI=1S/C14H10F2N2O2/c15-11-1-3-13(19)9(5-11)7-17-18-8-10-6-12(16)2-4-14(10)20/h1-8,19-20H/b17-7+,18-8+. The Balaban J connectivity index is 2.15. The average molecular weight is 276 g/mol. The van der Waals surface area contributed by atoms with Crippen molar-refractivity contribution in [1.82, 2.24) is 0 Å². The van der Waals surface area contributed by atoms with Crippen molar-refractivity contribution >= 4 is 12.4 Å². The first kappa shape index (κ1) is 13.7. The number of aromatic hydroxyl groups is 2. The molecule has 0 fully saturated rings. The Kier molecular flexibility index (Phi) is 4.05. The fourth-order valence-electron chi connectivity index (χ4n) is 1.45. The topological polar surface area (TPSA) is 65.2 Å². The third-order valence-corrected chi connectivity index (χ3v) is 2.44. The summed E-state index contributed by atoms with van der Waals surface area (Å²) in [4.78, 5) is 0. The minimum atomic E-state index is -0.518. The molecule has 20 heavy (non-hydrogen) atoms. The number of hydrogen-bond acceptors (Lipinski definition) is 4. The summed E-state index contributed by atoms with van der Waals surface area (Å²) in [5.41, 5.74) is 0.316. The fourth-order valence-corrected chi connectivity index (χ4v) is 1.45. The van der Waals surface area contributed by atoms with E-state index >= 15 is 0 Å². The molecule has 0 radical (unpaired) electrons. The van der Waals surface area contributed by atoms with Crippen molar-refractivity contribution in [3.05, 3.63) is 59.2 Å². The molecule has 0 saturated carbocycles. The number of hydrogen-bond donors (Lipinski definition) is 2. The van der Waals surface area contributed by atoms with Crippen molar-refractivity contribution < 1.29 is 19.0 Å². The van der Waals surface area contributed by atoms with Crippen LogP contribution in [0.3, 0.4) is 0 Å². The molecule has 4 nitrogen and oxygen atoms in total. The van der Waals surface area contributed by atoms with E-state index in [2.05, 4.69) is 10.2 Å². The van der Waals surface area contributed by atoms with Crippen molar-refractivity contribution in [3.8, 4) is 11.5 Å². The zero-order valence-corrected chi connectivity index (χ0v) is 10.2. The highest BCUT2D eigenvalue weighted by atomic mass is 19.1. The lowest BCUT2D eigenvalue weighted by Gasteiger charge is -1.97. The smallest absolute Gasteiger partial charge is 0.124 e. The van der Waals surface area contributed by atoms with E-state index in [0.717, 1.165) is 36.7 Å². The van der Waals surface area contributed by atoms with Crippen molar-refractivity contribution in [2.45, 2.75) is 0 Å². The first-order chi connectivity index (χ1) is 9.56. The molecule has 0 aromatic heterocycles. The molecule has 2 aromatic rings. The van der Waals surface area contributed by atoms with Crippen LogP contribution in [-0.4, -0.2) is 22.6 Å². The number of phenolic OH excluding ortho intramolecular Hbond substituents is 2. The van der Waals surface area contributed by atoms with Gasteiger partial charge in [-0.3, -0.25) is 0 Å². The Labute approximate surface area is 113 Å². The van der Waals surface area contributed by atoms with Gasteiger partial charge in [-0.15, -0.1) is 0 Å². The summed E-state index contributed by atoms with van der Waals surface area (Å²) >= 11 is 0. The van der Waals surface area contributed by atoms with Gasteiger partial charge in [-0.25, -0.2) is 8.78 Å². The summed E-state index contributed by atoms with van der Waals surface area (Å²) in [5.74, 6) is -1.31. The third kappa shape index (κ3) is 3.38. The second-order valence-corrected chi connectivity index (χ2v) is 3.90. The van der Waals surface area contributed by atoms with Gasteiger partial charge in [0.15, 0.2) is 0 Å². The van der Waals surface area contributed by atoms with E-state index < -0.39 is 11.6 Å². The van der Waals surface area contributed by atoms with Gasteiger partial charge in [0.2, 0.25) is 0 Å². The molecule has 0 saturated heterocycles. The van der Waals surface area contributed by atoms with Crippen molar-refractivity contribution in [1.29, 1.82) is 0 Å². The van der Waals surface area contributed by atoms with E-state index in [1.807, 2.05) is 0 Å². The molecule has 2 rings (SSSR count). The second-order valence-electron chi connectivity index (χ2n) is 3.90. The van der Waals surface area contributed by atoms with Crippen LogP contribution < -0.4 is 0 Å². The van der Waals surface area contributed by atoms with Crippen LogP contribution >= 0.6 is 0 Å². The van der Waals surface area contributed by atoms with E-state index in [1.165, 1.54) is 12.1 Å². The van der Waals surface area contributed by atoms with Gasteiger partial charge in [-0.05, 0) is 36.4 Å². The maximum Gasteiger partial charge on any atom is 0.124 e. The molecule has 2 N–H and O–H groups in total. The lowest BCUT2D eigenvalue weighted by molar-refractivity contribution is 0.471. The molecular formula is C14H10F2N2O2. The molecule has 6 heteroatoms. The Morgan fingerprint density at radius 2 is 1.15 bits per heavy atom. The van der Waals surface area contributed by atoms with Gasteiger partial charge in [0.25, 0.3) is 0 Å². The van der Waals surface area contributed by atoms with Crippen molar-refractivity contribution in [2.75, 3.05) is 0 Å². The average Bonchev–Trinajstić information content (AvgIpc) is 2.42. The number of rotatable bonds is 3. The molecule has 0 bridgehead atoms. The van der Waals surface area contributed by atoms with Crippen LogP contribution in [0.2, 0.25) is 0 Å². The molecule has 0 heterocycles. The van der Waals surface area contributed by atoms with Crippen LogP contribution in [0.15, 0.2) is 46.6 Å². The Bertz CT molecular complexity index is 625. The van der Waals surface area contributed by atoms with E-state index in [4.69, 9.17) is 0 Å². The summed E-state index contributed by atoms with van der Waals surface area (Å²) in [5, 5.41) is 26.1. The fraction of sp³-hybridized carbons (Fsp3) is 0. The van der Waals surface area contributed by atoms with Gasteiger partial charge in [0.05, 0.1) is 12.4 Å². The van der Waals surface area contributed by atoms with Gasteiger partial charge in [0.1, 0.15) is 23.1 Å². The van der Waals surface area contributed by atoms with Crippen molar-refractivity contribution in [3.63, 3.8) is 0 Å². The Morgan fingerprint density at radius 3 is 1.55 bits per heavy atom. The summed E-state index contributed by atoms with van der Waals surface area (Å²) in [6, 6.07) is 6.79. The van der Waals surface area contributed by atoms with E-state index in [0.29, 0.717) is 0 Å². The summed E-state index contributed by atoms with van der Waals surface area (Å²) < 4.78 is 25.9. The zero-order valence-electron chi connectivity index (χ0n) is 10.2. The van der Waals surface area contributed by atoms with Crippen LogP contribution in [0.1, 0.15) is 11.1 Å². The first-order valence-corrected chi connectivity index (χ1v) is 5.59. The van der Waals surface area contributed by atoms with Gasteiger partial charge in [-0.2, -0.15) is 10.2 Å². The summed E-state index contributed by atoms with van der Waals surface area (Å²) in [6.45, 7) is 0. The quantitative estimate of drug-likeness (QED) is 0.668. The van der Waals surface area contributed by atoms with Gasteiger partial charge in [0, 0.05) is 11.1 Å². The minimum absolute atomic E-state index is 0.140. The molecule has 0 aliphatic rings. The highest BCUT2D eigenvalue weighted by Gasteiger charge is 2.00. The molecule has 0 unspecified atom stereocenters. The number of halogens is 2. The van der Waals surface area contributed by atoms with Crippen LogP contribution in [0.25, 0.3) is 0 Å². The van der Waals surface area contributed by atoms with Crippen molar-refractivity contribution in [2.24, 2.45) is 10.2 Å². The first-order valence-electron chi connectivity index (χ1n) is 5.59. The molecular weight excluding hydrogens is 266 g/mol. The largest absolute Gasteiger partial charge is 0.507 e.